The van der Waals surface area contributed by atoms with E-state index in [-0.39, 0.29) is 50.9 Å². The van der Waals surface area contributed by atoms with Crippen LogP contribution in [0.4, 0.5) is 9.59 Å². The number of carboxylic acid groups (broad SMARTS) is 2. The molecule has 342 valence electrons. The zero-order valence-corrected chi connectivity index (χ0v) is 37.4. The molecule has 0 spiro atoms. The van der Waals surface area contributed by atoms with Crippen molar-refractivity contribution in [3.63, 3.8) is 0 Å². The molecule has 59 heavy (non-hydrogen) atoms. The summed E-state index contributed by atoms with van der Waals surface area (Å²) >= 11 is 0. The van der Waals surface area contributed by atoms with E-state index in [2.05, 4.69) is 0 Å². The summed E-state index contributed by atoms with van der Waals surface area (Å²) in [4.78, 5) is 84.9. The number of rotatable bonds is 11. The zero-order chi connectivity index (χ0) is 46.5. The molecule has 2 heterocycles. The van der Waals surface area contributed by atoms with Crippen LogP contribution in [0.3, 0.4) is 0 Å². The van der Waals surface area contributed by atoms with Crippen molar-refractivity contribution in [3.8, 4) is 0 Å². The molecule has 2 amide bonds. The van der Waals surface area contributed by atoms with Crippen molar-refractivity contribution in [2.24, 2.45) is 16.6 Å². The number of aliphatic carboxylic acids is 2. The fourth-order valence-electron chi connectivity index (χ4n) is 5.60. The topological polar surface area (TPSA) is 277 Å². The number of hydrogen-bond acceptors (Lipinski definition) is 16. The molecule has 5 N–H and O–H groups in total. The lowest BCUT2D eigenvalue weighted by Gasteiger charge is -2.41. The Morgan fingerprint density at radius 3 is 1.66 bits per heavy atom. The third-order valence-corrected chi connectivity index (χ3v) is 8.43. The summed E-state index contributed by atoms with van der Waals surface area (Å²) in [7, 11) is 2.53. The highest BCUT2D eigenvalue weighted by Crippen LogP contribution is 2.41. The van der Waals surface area contributed by atoms with E-state index < -0.39 is 94.8 Å². The van der Waals surface area contributed by atoms with Gasteiger partial charge in [-0.1, -0.05) is 41.5 Å². The summed E-state index contributed by atoms with van der Waals surface area (Å²) in [6, 6.07) is -0.765. The first-order valence-electron chi connectivity index (χ1n) is 19.1. The van der Waals surface area contributed by atoms with E-state index in [1.165, 1.54) is 24.0 Å². The fraction of sp³-hybridized carbons (Fsp3) is 0.821. The second-order valence-electron chi connectivity index (χ2n) is 18.2. The molecule has 0 radical (unpaired) electrons. The molecule has 0 bridgehead atoms. The predicted octanol–water partition coefficient (Wildman–Crippen LogP) is 3.67. The standard InChI is InChI=1S/C19H33NO7.C14H25NO5.C6H11NO5/c1-9-25-13(21)10-11-19(15(22)24-8)12-26-14(17(2,3)4)20(19)16(23)27-18(5,6)7;1-13(2,3)11-15(12(17)20-14(4,5)6)9(8-19-11)10(16)18-7;7-6(3-8,5(11)12)2-1-4(9)10/h14H,9-12H2,1-8H3;9,11H,8H2,1-7H3;8H,1-3,7H2,(H,9,10)(H,11,12)/t14-,19+;9-,11+;6-/m011/s1. The number of nitrogens with two attached hydrogens (primary N) is 1. The predicted molar refractivity (Wildman–Crippen MR) is 209 cm³/mol. The number of amides is 2. The van der Waals surface area contributed by atoms with Crippen molar-refractivity contribution in [2.75, 3.05) is 40.6 Å². The average molecular weight is 852 g/mol. The highest BCUT2D eigenvalue weighted by molar-refractivity contribution is 5.88. The van der Waals surface area contributed by atoms with Gasteiger partial charge in [0, 0.05) is 23.7 Å². The molecule has 0 unspecified atom stereocenters. The first-order chi connectivity index (χ1) is 26.7. The van der Waals surface area contributed by atoms with Crippen LogP contribution in [0.25, 0.3) is 0 Å². The van der Waals surface area contributed by atoms with Crippen LogP contribution >= 0.6 is 0 Å². The molecule has 0 aromatic rings. The van der Waals surface area contributed by atoms with Crippen LogP contribution < -0.4 is 5.73 Å². The van der Waals surface area contributed by atoms with Gasteiger partial charge in [0.05, 0.1) is 40.6 Å². The number of carbonyl (C=O) groups excluding carboxylic acids is 5. The molecule has 0 aliphatic carbocycles. The van der Waals surface area contributed by atoms with E-state index in [0.717, 1.165) is 0 Å². The normalized spacial score (nSPS) is 21.7. The molecule has 5 atom stereocenters. The first-order valence-corrected chi connectivity index (χ1v) is 19.1. The smallest absolute Gasteiger partial charge is 0.413 e. The van der Waals surface area contributed by atoms with Gasteiger partial charge in [0.15, 0.2) is 11.6 Å². The van der Waals surface area contributed by atoms with Gasteiger partial charge in [-0.15, -0.1) is 0 Å². The largest absolute Gasteiger partial charge is 0.481 e. The van der Waals surface area contributed by atoms with E-state index in [9.17, 15) is 33.6 Å². The minimum atomic E-state index is -1.83. The highest BCUT2D eigenvalue weighted by atomic mass is 16.6. The molecular formula is C39H69N3O17. The van der Waals surface area contributed by atoms with Crippen molar-refractivity contribution in [1.82, 2.24) is 9.80 Å². The first kappa shape index (κ1) is 54.7. The lowest BCUT2D eigenvalue weighted by Crippen LogP contribution is -2.60. The summed E-state index contributed by atoms with van der Waals surface area (Å²) in [5.74, 6) is -4.14. The lowest BCUT2D eigenvalue weighted by molar-refractivity contribution is -0.156. The summed E-state index contributed by atoms with van der Waals surface area (Å²) in [6.45, 7) is 23.3. The van der Waals surface area contributed by atoms with Crippen LogP contribution in [-0.4, -0.2) is 149 Å². The molecule has 2 rings (SSSR count). The monoisotopic (exact) mass is 851 g/mol. The van der Waals surface area contributed by atoms with Gasteiger partial charge in [0.2, 0.25) is 0 Å². The van der Waals surface area contributed by atoms with Crippen molar-refractivity contribution >= 4 is 42.0 Å². The van der Waals surface area contributed by atoms with Gasteiger partial charge in [-0.3, -0.25) is 24.2 Å². The Labute approximate surface area is 347 Å². The van der Waals surface area contributed by atoms with E-state index in [1.807, 2.05) is 41.5 Å². The van der Waals surface area contributed by atoms with Crippen LogP contribution in [0, 0.1) is 10.8 Å². The second-order valence-corrected chi connectivity index (χ2v) is 18.2. The number of aliphatic hydroxyl groups excluding tert-OH is 1. The number of hydrogen-bond donors (Lipinski definition) is 4. The molecule has 0 saturated carbocycles. The molecule has 2 saturated heterocycles. The van der Waals surface area contributed by atoms with Crippen LogP contribution in [-0.2, 0) is 57.1 Å². The maximum Gasteiger partial charge on any atom is 0.413 e. The number of carboxylic acids is 2. The van der Waals surface area contributed by atoms with Gasteiger partial charge in [0.1, 0.15) is 29.2 Å². The SMILES string of the molecule is CCOC(=O)CC[C@]1(C(=O)OC)CO[C@@H](C(C)(C)C)N1C(=O)OC(C)(C)C.COC(=O)[C@H]1CO[C@@H](C(C)(C)C)N1C(=O)OC(C)(C)C.N[C@@](CO)(CCC(=O)O)C(=O)O. The van der Waals surface area contributed by atoms with Gasteiger partial charge >= 0.3 is 42.0 Å². The highest BCUT2D eigenvalue weighted by Gasteiger charge is 2.60. The number of aliphatic hydroxyl groups is 1. The number of methoxy groups -OCH3 is 2. The number of nitrogens with zero attached hydrogens (tertiary/aromatic N) is 2. The number of carbonyl (C=O) groups is 7. The maximum absolute atomic E-state index is 13.0. The van der Waals surface area contributed by atoms with Crippen molar-refractivity contribution in [2.45, 2.75) is 156 Å². The fourth-order valence-corrected chi connectivity index (χ4v) is 5.60. The van der Waals surface area contributed by atoms with Crippen molar-refractivity contribution in [1.29, 1.82) is 0 Å². The molecule has 2 fully saturated rings. The third kappa shape index (κ3) is 16.7. The second kappa shape index (κ2) is 21.8. The quantitative estimate of drug-likeness (QED) is 0.170. The Bertz CT molecular complexity index is 1460. The Hall–Kier alpha value is -4.27. The molecule has 0 aromatic heterocycles. The van der Waals surface area contributed by atoms with E-state index in [4.69, 9.17) is 54.2 Å². The minimum absolute atomic E-state index is 0.0182. The molecule has 0 aromatic carbocycles. The van der Waals surface area contributed by atoms with E-state index in [0.29, 0.717) is 0 Å². The maximum atomic E-state index is 13.0. The molecule has 20 heteroatoms. The van der Waals surface area contributed by atoms with Gasteiger partial charge in [-0.05, 0) is 61.3 Å². The van der Waals surface area contributed by atoms with Gasteiger partial charge < -0.3 is 54.2 Å². The Morgan fingerprint density at radius 2 is 1.27 bits per heavy atom. The Kier molecular flexibility index (Phi) is 20.2. The van der Waals surface area contributed by atoms with Gasteiger partial charge in [-0.2, -0.15) is 0 Å². The summed E-state index contributed by atoms with van der Waals surface area (Å²) in [5.41, 5.74) is -0.334. The van der Waals surface area contributed by atoms with E-state index in [1.54, 1.807) is 48.5 Å². The lowest BCUT2D eigenvalue weighted by atomic mass is 9.88. The molecule has 2 aliphatic heterocycles. The third-order valence-electron chi connectivity index (χ3n) is 8.43. The zero-order valence-electron chi connectivity index (χ0n) is 37.4. The van der Waals surface area contributed by atoms with Crippen molar-refractivity contribution in [3.05, 3.63) is 0 Å². The Balaban J connectivity index is 0.000000923. The molecule has 2 aliphatic rings. The van der Waals surface area contributed by atoms with Crippen LogP contribution in [0.5, 0.6) is 0 Å². The van der Waals surface area contributed by atoms with Gasteiger partial charge in [-0.25, -0.2) is 19.2 Å². The number of esters is 3. The number of ether oxygens (including phenoxy) is 7. The summed E-state index contributed by atoms with van der Waals surface area (Å²) < 4.78 is 37.1. The summed E-state index contributed by atoms with van der Waals surface area (Å²) in [6.07, 6.45) is -3.18. The van der Waals surface area contributed by atoms with E-state index >= 15 is 0 Å². The summed E-state index contributed by atoms with van der Waals surface area (Å²) in [5, 5.41) is 25.3. The van der Waals surface area contributed by atoms with Crippen molar-refractivity contribution < 1.29 is 82.0 Å². The van der Waals surface area contributed by atoms with Gasteiger partial charge in [0.25, 0.3) is 0 Å². The Morgan fingerprint density at radius 1 is 0.763 bits per heavy atom. The van der Waals surface area contributed by atoms with Crippen LogP contribution in [0.1, 0.15) is 116 Å². The average Bonchev–Trinajstić information content (AvgIpc) is 3.72. The molecule has 20 nitrogen and oxygen atoms in total. The van der Waals surface area contributed by atoms with Crippen LogP contribution in [0.15, 0.2) is 0 Å². The molecular weight excluding hydrogens is 782 g/mol. The minimum Gasteiger partial charge on any atom is -0.481 e. The van der Waals surface area contributed by atoms with Crippen LogP contribution in [0.2, 0.25) is 0 Å².